The van der Waals surface area contributed by atoms with Crippen LogP contribution in [-0.2, 0) is 11.2 Å². The Labute approximate surface area is 166 Å². The van der Waals surface area contributed by atoms with Gasteiger partial charge in [-0.1, -0.05) is 0 Å². The number of anilines is 1. The van der Waals surface area contributed by atoms with Crippen LogP contribution in [0.15, 0.2) is 73.4 Å². The van der Waals surface area contributed by atoms with Crippen LogP contribution in [0.4, 0.5) is 10.1 Å². The minimum absolute atomic E-state index is 0.131. The molecule has 0 aliphatic carbocycles. The van der Waals surface area contributed by atoms with Crippen LogP contribution in [0, 0.1) is 5.82 Å². The lowest BCUT2D eigenvalue weighted by molar-refractivity contribution is -0.116. The first-order valence-corrected chi connectivity index (χ1v) is 9.04. The van der Waals surface area contributed by atoms with Gasteiger partial charge in [-0.3, -0.25) is 19.7 Å². The smallest absolute Gasteiger partial charge is 0.224 e. The van der Waals surface area contributed by atoms with Crippen LogP contribution in [-0.4, -0.2) is 20.9 Å². The molecule has 1 N–H and O–H groups in total. The molecule has 144 valence electrons. The summed E-state index contributed by atoms with van der Waals surface area (Å²) >= 11 is 0. The largest absolute Gasteiger partial charge is 0.457 e. The highest BCUT2D eigenvalue weighted by Gasteiger charge is 2.11. The van der Waals surface area contributed by atoms with Gasteiger partial charge in [-0.15, -0.1) is 0 Å². The van der Waals surface area contributed by atoms with Crippen molar-refractivity contribution in [3.8, 4) is 11.5 Å². The first-order chi connectivity index (χ1) is 14.2. The topological polar surface area (TPSA) is 77.0 Å². The molecule has 4 rings (SSSR count). The number of hydrogen-bond acceptors (Lipinski definition) is 5. The van der Waals surface area contributed by atoms with Crippen LogP contribution in [0.2, 0.25) is 0 Å². The molecule has 0 bridgehead atoms. The summed E-state index contributed by atoms with van der Waals surface area (Å²) in [7, 11) is 0. The fourth-order valence-corrected chi connectivity index (χ4v) is 2.90. The fraction of sp³-hybridized carbons (Fsp3) is 0.0909. The predicted molar refractivity (Wildman–Crippen MR) is 107 cm³/mol. The molecular weight excluding hydrogens is 371 g/mol. The van der Waals surface area contributed by atoms with Gasteiger partial charge in [-0.05, 0) is 48.9 Å². The summed E-state index contributed by atoms with van der Waals surface area (Å²) in [6.45, 7) is 0. The molecule has 0 radical (unpaired) electrons. The van der Waals surface area contributed by atoms with Crippen molar-refractivity contribution in [2.24, 2.45) is 0 Å². The molecule has 2 aromatic heterocycles. The summed E-state index contributed by atoms with van der Waals surface area (Å²) in [4.78, 5) is 24.7. The number of carbonyl (C=O) groups excluding carboxylic acids is 1. The Bertz CT molecular complexity index is 1130. The maximum Gasteiger partial charge on any atom is 0.224 e. The van der Waals surface area contributed by atoms with Crippen molar-refractivity contribution < 1.29 is 13.9 Å². The molecule has 2 heterocycles. The molecule has 0 unspecified atom stereocenters. The molecule has 29 heavy (non-hydrogen) atoms. The number of pyridine rings is 1. The van der Waals surface area contributed by atoms with Gasteiger partial charge >= 0.3 is 0 Å². The molecule has 0 saturated heterocycles. The van der Waals surface area contributed by atoms with Gasteiger partial charge in [-0.25, -0.2) is 4.39 Å². The number of amides is 1. The molecule has 0 atom stereocenters. The van der Waals surface area contributed by atoms with Gasteiger partial charge in [0.15, 0.2) is 0 Å². The normalized spacial score (nSPS) is 10.7. The molecule has 6 nitrogen and oxygen atoms in total. The average Bonchev–Trinajstić information content (AvgIpc) is 2.76. The summed E-state index contributed by atoms with van der Waals surface area (Å²) < 4.78 is 19.0. The van der Waals surface area contributed by atoms with E-state index in [-0.39, 0.29) is 18.1 Å². The minimum atomic E-state index is -0.328. The van der Waals surface area contributed by atoms with Crippen LogP contribution < -0.4 is 10.1 Å². The second kappa shape index (κ2) is 8.43. The summed E-state index contributed by atoms with van der Waals surface area (Å²) in [5.74, 6) is 0.649. The van der Waals surface area contributed by atoms with Crippen molar-refractivity contribution in [2.45, 2.75) is 12.8 Å². The Balaban J connectivity index is 1.53. The summed E-state index contributed by atoms with van der Waals surface area (Å²) in [6.07, 6.45) is 8.96. The van der Waals surface area contributed by atoms with E-state index in [4.69, 9.17) is 4.74 Å². The van der Waals surface area contributed by atoms with E-state index in [1.54, 1.807) is 55.2 Å². The zero-order valence-electron chi connectivity index (χ0n) is 15.4. The van der Waals surface area contributed by atoms with E-state index in [1.165, 1.54) is 12.1 Å². The van der Waals surface area contributed by atoms with Gasteiger partial charge in [0, 0.05) is 48.2 Å². The molecule has 0 aliphatic heterocycles. The molecule has 1 amide bonds. The first kappa shape index (κ1) is 18.5. The van der Waals surface area contributed by atoms with E-state index in [9.17, 15) is 9.18 Å². The van der Waals surface area contributed by atoms with Crippen LogP contribution in [0.25, 0.3) is 10.8 Å². The lowest BCUT2D eigenvalue weighted by atomic mass is 10.1. The van der Waals surface area contributed by atoms with Gasteiger partial charge < -0.3 is 10.1 Å². The number of fused-ring (bicyclic) bond motifs is 1. The summed E-state index contributed by atoms with van der Waals surface area (Å²) in [5.41, 5.74) is 1.40. The quantitative estimate of drug-likeness (QED) is 0.525. The SMILES string of the molecule is O=C(CCc1cnccn1)Nc1ccc(Oc2ccc(F)cc2)c2ccncc12. The van der Waals surface area contributed by atoms with E-state index >= 15 is 0 Å². The first-order valence-electron chi connectivity index (χ1n) is 9.04. The van der Waals surface area contributed by atoms with Gasteiger partial charge in [0.1, 0.15) is 17.3 Å². The van der Waals surface area contributed by atoms with E-state index in [1.807, 2.05) is 6.07 Å². The number of aromatic nitrogens is 3. The van der Waals surface area contributed by atoms with Crippen molar-refractivity contribution in [3.05, 3.63) is 85.0 Å². The predicted octanol–water partition coefficient (Wildman–Crippen LogP) is 4.53. The number of carbonyl (C=O) groups is 1. The van der Waals surface area contributed by atoms with Crippen LogP contribution in [0.5, 0.6) is 11.5 Å². The Kier molecular flexibility index (Phi) is 5.38. The van der Waals surface area contributed by atoms with E-state index in [2.05, 4.69) is 20.3 Å². The summed E-state index contributed by atoms with van der Waals surface area (Å²) in [6, 6.07) is 11.1. The third kappa shape index (κ3) is 4.52. The number of hydrogen-bond donors (Lipinski definition) is 1. The van der Waals surface area contributed by atoms with Crippen LogP contribution >= 0.6 is 0 Å². The van der Waals surface area contributed by atoms with Gasteiger partial charge in [-0.2, -0.15) is 0 Å². The van der Waals surface area contributed by atoms with Crippen molar-refractivity contribution in [2.75, 3.05) is 5.32 Å². The third-order valence-electron chi connectivity index (χ3n) is 4.32. The number of nitrogens with zero attached hydrogens (tertiary/aromatic N) is 3. The number of rotatable bonds is 6. The molecule has 2 aromatic carbocycles. The molecule has 4 aromatic rings. The van der Waals surface area contributed by atoms with Crippen molar-refractivity contribution in [1.82, 2.24) is 15.0 Å². The number of nitrogens with one attached hydrogen (secondary N) is 1. The van der Waals surface area contributed by atoms with Crippen LogP contribution in [0.1, 0.15) is 12.1 Å². The highest BCUT2D eigenvalue weighted by atomic mass is 19.1. The standard InChI is InChI=1S/C22H17FN4O2/c23-15-1-4-17(5-2-15)29-21-7-6-20(19-14-24-10-9-18(19)21)27-22(28)8-3-16-13-25-11-12-26-16/h1-2,4-7,9-14H,3,8H2,(H,27,28). The monoisotopic (exact) mass is 388 g/mol. The Morgan fingerprint density at radius 2 is 1.76 bits per heavy atom. The fourth-order valence-electron chi connectivity index (χ4n) is 2.90. The van der Waals surface area contributed by atoms with Crippen molar-refractivity contribution >= 4 is 22.4 Å². The second-order valence-electron chi connectivity index (χ2n) is 6.33. The van der Waals surface area contributed by atoms with Crippen molar-refractivity contribution in [1.29, 1.82) is 0 Å². The van der Waals surface area contributed by atoms with E-state index in [0.717, 1.165) is 16.5 Å². The highest BCUT2D eigenvalue weighted by Crippen LogP contribution is 2.34. The van der Waals surface area contributed by atoms with Crippen LogP contribution in [0.3, 0.4) is 0 Å². The van der Waals surface area contributed by atoms with Gasteiger partial charge in [0.05, 0.1) is 11.4 Å². The number of aryl methyl sites for hydroxylation is 1. The lowest BCUT2D eigenvalue weighted by Gasteiger charge is -2.13. The molecule has 0 spiro atoms. The van der Waals surface area contributed by atoms with Gasteiger partial charge in [0.25, 0.3) is 0 Å². The number of benzene rings is 2. The molecule has 0 fully saturated rings. The molecule has 0 aliphatic rings. The zero-order chi connectivity index (χ0) is 20.1. The Morgan fingerprint density at radius 3 is 2.55 bits per heavy atom. The number of halogens is 1. The Hall–Kier alpha value is -3.87. The lowest BCUT2D eigenvalue weighted by Crippen LogP contribution is -2.13. The second-order valence-corrected chi connectivity index (χ2v) is 6.33. The zero-order valence-corrected chi connectivity index (χ0v) is 15.4. The molecular formula is C22H17FN4O2. The van der Waals surface area contributed by atoms with Crippen molar-refractivity contribution in [3.63, 3.8) is 0 Å². The molecule has 0 saturated carbocycles. The average molecular weight is 388 g/mol. The maximum atomic E-state index is 13.1. The maximum absolute atomic E-state index is 13.1. The Morgan fingerprint density at radius 1 is 0.931 bits per heavy atom. The third-order valence-corrected chi connectivity index (χ3v) is 4.32. The van der Waals surface area contributed by atoms with Gasteiger partial charge in [0.2, 0.25) is 5.91 Å². The minimum Gasteiger partial charge on any atom is -0.457 e. The number of ether oxygens (including phenoxy) is 1. The summed E-state index contributed by atoms with van der Waals surface area (Å²) in [5, 5.41) is 4.46. The highest BCUT2D eigenvalue weighted by molar-refractivity contribution is 6.04. The van der Waals surface area contributed by atoms with E-state index < -0.39 is 0 Å². The van der Waals surface area contributed by atoms with E-state index in [0.29, 0.717) is 23.6 Å². The molecule has 7 heteroatoms.